The van der Waals surface area contributed by atoms with Crippen LogP contribution in [-0.2, 0) is 4.74 Å². The summed E-state index contributed by atoms with van der Waals surface area (Å²) in [6.45, 7) is 10.9. The number of nitrogens with zero attached hydrogens (tertiary/aromatic N) is 1. The van der Waals surface area contributed by atoms with E-state index in [1.807, 2.05) is 6.92 Å². The van der Waals surface area contributed by atoms with Crippen LogP contribution in [0.3, 0.4) is 0 Å². The monoisotopic (exact) mass is 243 g/mol. The SMILES string of the molecule is CCOCC1CCC2(C(C)(C)C)CC(F)CN12. The van der Waals surface area contributed by atoms with E-state index >= 15 is 0 Å². The zero-order valence-corrected chi connectivity index (χ0v) is 11.6. The van der Waals surface area contributed by atoms with Crippen LogP contribution in [0, 0.1) is 5.41 Å². The van der Waals surface area contributed by atoms with E-state index in [-0.39, 0.29) is 11.0 Å². The van der Waals surface area contributed by atoms with E-state index in [1.54, 1.807) is 0 Å². The first-order chi connectivity index (χ1) is 7.90. The quantitative estimate of drug-likeness (QED) is 0.755. The maximum Gasteiger partial charge on any atom is 0.115 e. The molecule has 17 heavy (non-hydrogen) atoms. The fourth-order valence-corrected chi connectivity index (χ4v) is 3.78. The molecule has 2 heterocycles. The Morgan fingerprint density at radius 3 is 2.71 bits per heavy atom. The molecule has 2 fully saturated rings. The molecule has 0 spiro atoms. The molecule has 0 bridgehead atoms. The van der Waals surface area contributed by atoms with Crippen molar-refractivity contribution >= 4 is 0 Å². The number of hydrogen-bond donors (Lipinski definition) is 0. The molecule has 0 saturated carbocycles. The molecule has 0 aliphatic carbocycles. The maximum atomic E-state index is 13.8. The van der Waals surface area contributed by atoms with E-state index in [0.717, 1.165) is 26.1 Å². The van der Waals surface area contributed by atoms with Gasteiger partial charge in [-0.2, -0.15) is 0 Å². The molecule has 3 atom stereocenters. The number of rotatable bonds is 3. The van der Waals surface area contributed by atoms with Crippen molar-refractivity contribution < 1.29 is 9.13 Å². The van der Waals surface area contributed by atoms with E-state index in [1.165, 1.54) is 0 Å². The summed E-state index contributed by atoms with van der Waals surface area (Å²) in [7, 11) is 0. The van der Waals surface area contributed by atoms with Gasteiger partial charge in [-0.25, -0.2) is 4.39 Å². The van der Waals surface area contributed by atoms with Gasteiger partial charge in [-0.3, -0.25) is 4.90 Å². The normalized spacial score (nSPS) is 38.6. The summed E-state index contributed by atoms with van der Waals surface area (Å²) in [5.74, 6) is 0. The van der Waals surface area contributed by atoms with Crippen molar-refractivity contribution in [2.75, 3.05) is 19.8 Å². The van der Waals surface area contributed by atoms with E-state index in [0.29, 0.717) is 19.0 Å². The van der Waals surface area contributed by atoms with Gasteiger partial charge in [0.2, 0.25) is 0 Å². The van der Waals surface area contributed by atoms with Gasteiger partial charge in [-0.1, -0.05) is 20.8 Å². The predicted molar refractivity (Wildman–Crippen MR) is 67.9 cm³/mol. The fourth-order valence-electron chi connectivity index (χ4n) is 3.78. The molecule has 2 aliphatic heterocycles. The molecule has 2 nitrogen and oxygen atoms in total. The lowest BCUT2D eigenvalue weighted by Gasteiger charge is -2.45. The van der Waals surface area contributed by atoms with Crippen molar-refractivity contribution in [1.29, 1.82) is 0 Å². The maximum absolute atomic E-state index is 13.8. The Morgan fingerprint density at radius 1 is 1.41 bits per heavy atom. The van der Waals surface area contributed by atoms with Gasteiger partial charge in [-0.15, -0.1) is 0 Å². The second kappa shape index (κ2) is 4.51. The van der Waals surface area contributed by atoms with E-state index in [4.69, 9.17) is 4.74 Å². The van der Waals surface area contributed by atoms with Crippen molar-refractivity contribution in [3.63, 3.8) is 0 Å². The third kappa shape index (κ3) is 2.12. The Bertz CT molecular complexity index is 276. The summed E-state index contributed by atoms with van der Waals surface area (Å²) >= 11 is 0. The van der Waals surface area contributed by atoms with E-state index < -0.39 is 6.17 Å². The minimum atomic E-state index is -0.654. The molecule has 3 unspecified atom stereocenters. The van der Waals surface area contributed by atoms with Crippen LogP contribution in [-0.4, -0.2) is 42.4 Å². The van der Waals surface area contributed by atoms with Crippen molar-refractivity contribution in [1.82, 2.24) is 4.90 Å². The number of hydrogen-bond acceptors (Lipinski definition) is 2. The molecular formula is C14H26FNO. The summed E-state index contributed by atoms with van der Waals surface area (Å²) in [5.41, 5.74) is 0.211. The Kier molecular flexibility index (Phi) is 3.52. The highest BCUT2D eigenvalue weighted by molar-refractivity contribution is 5.12. The van der Waals surface area contributed by atoms with Crippen LogP contribution in [0.1, 0.15) is 47.0 Å². The van der Waals surface area contributed by atoms with E-state index in [9.17, 15) is 4.39 Å². The zero-order valence-electron chi connectivity index (χ0n) is 11.6. The largest absolute Gasteiger partial charge is 0.380 e. The molecule has 2 rings (SSSR count). The second-order valence-corrected chi connectivity index (χ2v) is 6.59. The van der Waals surface area contributed by atoms with Gasteiger partial charge in [-0.05, 0) is 31.6 Å². The molecule has 3 heteroatoms. The van der Waals surface area contributed by atoms with Gasteiger partial charge in [0.1, 0.15) is 6.17 Å². The van der Waals surface area contributed by atoms with Crippen molar-refractivity contribution in [2.45, 2.75) is 64.7 Å². The Hall–Kier alpha value is -0.150. The highest BCUT2D eigenvalue weighted by Gasteiger charge is 2.58. The lowest BCUT2D eigenvalue weighted by atomic mass is 9.71. The number of ether oxygens (including phenoxy) is 1. The Morgan fingerprint density at radius 2 is 2.12 bits per heavy atom. The third-order valence-corrected chi connectivity index (χ3v) is 4.75. The molecule has 0 N–H and O–H groups in total. The molecular weight excluding hydrogens is 217 g/mol. The first-order valence-electron chi connectivity index (χ1n) is 6.89. The molecule has 0 aromatic heterocycles. The average Bonchev–Trinajstić information content (AvgIpc) is 2.70. The molecule has 2 saturated heterocycles. The van der Waals surface area contributed by atoms with Gasteiger partial charge in [0, 0.05) is 24.7 Å². The summed E-state index contributed by atoms with van der Waals surface area (Å²) < 4.78 is 19.4. The van der Waals surface area contributed by atoms with Crippen LogP contribution in [0.25, 0.3) is 0 Å². The topological polar surface area (TPSA) is 12.5 Å². The molecule has 0 radical (unpaired) electrons. The van der Waals surface area contributed by atoms with Crippen LogP contribution in [0.15, 0.2) is 0 Å². The van der Waals surface area contributed by atoms with Gasteiger partial charge in [0.15, 0.2) is 0 Å². The smallest absolute Gasteiger partial charge is 0.115 e. The number of halogens is 1. The molecule has 0 aromatic rings. The summed E-state index contributed by atoms with van der Waals surface area (Å²) in [6, 6.07) is 0.426. The summed E-state index contributed by atoms with van der Waals surface area (Å²) in [6.07, 6.45) is 2.33. The zero-order chi connectivity index (χ0) is 12.7. The second-order valence-electron chi connectivity index (χ2n) is 6.59. The minimum absolute atomic E-state index is 0.0637. The van der Waals surface area contributed by atoms with Gasteiger partial charge >= 0.3 is 0 Å². The highest BCUT2D eigenvalue weighted by atomic mass is 19.1. The molecule has 0 amide bonds. The third-order valence-electron chi connectivity index (χ3n) is 4.75. The van der Waals surface area contributed by atoms with Gasteiger partial charge in [0.05, 0.1) is 6.61 Å². The predicted octanol–water partition coefficient (Wildman–Crippen LogP) is 3.01. The average molecular weight is 243 g/mol. The van der Waals surface area contributed by atoms with Crippen LogP contribution >= 0.6 is 0 Å². The van der Waals surface area contributed by atoms with Crippen LogP contribution in [0.2, 0.25) is 0 Å². The number of alkyl halides is 1. The first kappa shape index (κ1) is 13.3. The first-order valence-corrected chi connectivity index (χ1v) is 6.89. The summed E-state index contributed by atoms with van der Waals surface area (Å²) in [5, 5.41) is 0. The summed E-state index contributed by atoms with van der Waals surface area (Å²) in [4.78, 5) is 2.41. The van der Waals surface area contributed by atoms with Crippen LogP contribution in [0.4, 0.5) is 4.39 Å². The highest BCUT2D eigenvalue weighted by Crippen LogP contribution is 2.52. The van der Waals surface area contributed by atoms with Gasteiger partial charge in [0.25, 0.3) is 0 Å². The van der Waals surface area contributed by atoms with Crippen molar-refractivity contribution in [2.24, 2.45) is 5.41 Å². The van der Waals surface area contributed by atoms with Crippen LogP contribution < -0.4 is 0 Å². The lowest BCUT2D eigenvalue weighted by molar-refractivity contribution is 0.0125. The fraction of sp³-hybridized carbons (Fsp3) is 1.00. The van der Waals surface area contributed by atoms with Crippen molar-refractivity contribution in [3.05, 3.63) is 0 Å². The van der Waals surface area contributed by atoms with Crippen molar-refractivity contribution in [3.8, 4) is 0 Å². The Balaban J connectivity index is 2.16. The van der Waals surface area contributed by atoms with E-state index in [2.05, 4.69) is 25.7 Å². The molecule has 100 valence electrons. The standard InChI is InChI=1S/C14H26FNO/c1-5-17-10-12-6-7-14(13(2,3)4)8-11(15)9-16(12)14/h11-12H,5-10H2,1-4H3. The lowest BCUT2D eigenvalue weighted by Crippen LogP contribution is -2.52. The van der Waals surface area contributed by atoms with Crippen LogP contribution in [0.5, 0.6) is 0 Å². The van der Waals surface area contributed by atoms with Gasteiger partial charge < -0.3 is 4.74 Å². The number of fused-ring (bicyclic) bond motifs is 1. The molecule has 0 aromatic carbocycles. The Labute approximate surface area is 105 Å². The molecule has 2 aliphatic rings. The minimum Gasteiger partial charge on any atom is -0.380 e.